The van der Waals surface area contributed by atoms with Crippen molar-refractivity contribution in [3.63, 3.8) is 0 Å². The number of nitrogens with two attached hydrogens (primary N) is 2. The number of aliphatic hydroxyl groups is 1. The molecule has 5 N–H and O–H groups in total. The van der Waals surface area contributed by atoms with Crippen LogP contribution in [0.2, 0.25) is 0 Å². The Balaban J connectivity index is 0.00000126. The highest BCUT2D eigenvalue weighted by molar-refractivity contribution is 5.86. The minimum Gasteiger partial charge on any atom is -0.400 e. The second kappa shape index (κ2) is 9.75. The lowest BCUT2D eigenvalue weighted by Crippen LogP contribution is -2.26. The largest absolute Gasteiger partial charge is 0.400 e. The van der Waals surface area contributed by atoms with Gasteiger partial charge in [-0.25, -0.2) is 15.0 Å². The van der Waals surface area contributed by atoms with Crippen LogP contribution in [0.4, 0.5) is 11.6 Å². The number of nitrogen functional groups attached to an aromatic ring is 2. The molecule has 7 nitrogen and oxygen atoms in total. The summed E-state index contributed by atoms with van der Waals surface area (Å²) in [6, 6.07) is 11.2. The molecular weight excluding hydrogens is 412 g/mol. The number of fused-ring (bicyclic) bond motifs is 2. The van der Waals surface area contributed by atoms with E-state index in [1.807, 2.05) is 13.0 Å². The number of hydrogen-bond donors (Lipinski definition) is 3. The van der Waals surface area contributed by atoms with Gasteiger partial charge in [-0.15, -0.1) is 0 Å². The fourth-order valence-electron chi connectivity index (χ4n) is 5.03. The van der Waals surface area contributed by atoms with Gasteiger partial charge in [0.15, 0.2) is 0 Å². The van der Waals surface area contributed by atoms with E-state index in [4.69, 9.17) is 16.6 Å². The Bertz CT molecular complexity index is 1240. The minimum absolute atomic E-state index is 0.409. The van der Waals surface area contributed by atoms with Crippen LogP contribution in [0.15, 0.2) is 42.9 Å². The van der Waals surface area contributed by atoms with Gasteiger partial charge in [-0.05, 0) is 87.1 Å². The molecule has 1 atom stereocenters. The van der Waals surface area contributed by atoms with Gasteiger partial charge in [0.25, 0.3) is 0 Å². The van der Waals surface area contributed by atoms with Gasteiger partial charge in [0, 0.05) is 24.7 Å². The van der Waals surface area contributed by atoms with Gasteiger partial charge in [0.2, 0.25) is 0 Å². The maximum atomic E-state index is 7.00. The maximum absolute atomic E-state index is 7.00. The highest BCUT2D eigenvalue weighted by atomic mass is 16.2. The SMILES string of the molecule is CO.Cc1cc2ccc(CC3CC(CCC(C)n4ccc5c(N)ncnc54)C3)cc2nc1N. The van der Waals surface area contributed by atoms with E-state index in [9.17, 15) is 0 Å². The number of nitrogens with zero attached hydrogens (tertiary/aromatic N) is 4. The predicted molar refractivity (Wildman–Crippen MR) is 135 cm³/mol. The summed E-state index contributed by atoms with van der Waals surface area (Å²) in [5.41, 5.74) is 16.3. The molecule has 5 rings (SSSR count). The van der Waals surface area contributed by atoms with Gasteiger partial charge in [0.1, 0.15) is 23.6 Å². The van der Waals surface area contributed by atoms with Gasteiger partial charge in [-0.2, -0.15) is 0 Å². The lowest BCUT2D eigenvalue weighted by molar-refractivity contribution is 0.172. The van der Waals surface area contributed by atoms with Crippen LogP contribution < -0.4 is 11.5 Å². The molecule has 33 heavy (non-hydrogen) atoms. The molecule has 1 saturated carbocycles. The third kappa shape index (κ3) is 4.78. The Kier molecular flexibility index (Phi) is 6.79. The molecule has 0 aliphatic heterocycles. The Morgan fingerprint density at radius 2 is 1.85 bits per heavy atom. The van der Waals surface area contributed by atoms with Gasteiger partial charge in [-0.3, -0.25) is 0 Å². The molecule has 0 spiro atoms. The molecule has 7 heteroatoms. The summed E-state index contributed by atoms with van der Waals surface area (Å²) in [5.74, 6) is 2.79. The Hall–Kier alpha value is -3.19. The first-order valence-corrected chi connectivity index (χ1v) is 11.7. The highest BCUT2D eigenvalue weighted by Gasteiger charge is 2.29. The molecule has 0 amide bonds. The molecular formula is C26H34N6O. The second-order valence-electron chi connectivity index (χ2n) is 9.27. The summed E-state index contributed by atoms with van der Waals surface area (Å²) < 4.78 is 2.24. The number of rotatable bonds is 6. The molecule has 1 unspecified atom stereocenters. The number of benzene rings is 1. The first-order valence-electron chi connectivity index (χ1n) is 11.7. The molecule has 1 aromatic carbocycles. The van der Waals surface area contributed by atoms with Crippen LogP contribution in [0.1, 0.15) is 49.8 Å². The van der Waals surface area contributed by atoms with E-state index in [2.05, 4.69) is 56.9 Å². The van der Waals surface area contributed by atoms with Crippen LogP contribution in [0.3, 0.4) is 0 Å². The number of aliphatic hydroxyl groups excluding tert-OH is 1. The maximum Gasteiger partial charge on any atom is 0.145 e. The van der Waals surface area contributed by atoms with Crippen LogP contribution in [0, 0.1) is 18.8 Å². The highest BCUT2D eigenvalue weighted by Crippen LogP contribution is 2.40. The topological polar surface area (TPSA) is 116 Å². The quantitative estimate of drug-likeness (QED) is 0.396. The average Bonchev–Trinajstić information content (AvgIpc) is 3.23. The minimum atomic E-state index is 0.409. The van der Waals surface area contributed by atoms with Gasteiger partial charge in [0.05, 0.1) is 10.9 Å². The number of pyridine rings is 1. The van der Waals surface area contributed by atoms with Crippen molar-refractivity contribution in [2.75, 3.05) is 18.6 Å². The second-order valence-corrected chi connectivity index (χ2v) is 9.27. The van der Waals surface area contributed by atoms with Crippen molar-refractivity contribution >= 4 is 33.6 Å². The summed E-state index contributed by atoms with van der Waals surface area (Å²) >= 11 is 0. The zero-order chi connectivity index (χ0) is 23.5. The molecule has 3 aromatic heterocycles. The van der Waals surface area contributed by atoms with Gasteiger partial charge < -0.3 is 21.1 Å². The van der Waals surface area contributed by atoms with E-state index in [1.165, 1.54) is 30.2 Å². The number of anilines is 2. The third-order valence-electron chi connectivity index (χ3n) is 6.98. The molecule has 3 heterocycles. The van der Waals surface area contributed by atoms with E-state index in [0.717, 1.165) is 53.9 Å². The van der Waals surface area contributed by atoms with Crippen molar-refractivity contribution in [2.24, 2.45) is 11.8 Å². The monoisotopic (exact) mass is 446 g/mol. The summed E-state index contributed by atoms with van der Waals surface area (Å²) in [4.78, 5) is 13.1. The van der Waals surface area contributed by atoms with Crippen molar-refractivity contribution in [1.82, 2.24) is 19.5 Å². The smallest absolute Gasteiger partial charge is 0.145 e. The van der Waals surface area contributed by atoms with Crippen LogP contribution >= 0.6 is 0 Å². The molecule has 0 bridgehead atoms. The van der Waals surface area contributed by atoms with E-state index in [1.54, 1.807) is 6.33 Å². The average molecular weight is 447 g/mol. The third-order valence-corrected chi connectivity index (χ3v) is 6.98. The van der Waals surface area contributed by atoms with Crippen molar-refractivity contribution in [1.29, 1.82) is 0 Å². The molecule has 1 aliphatic carbocycles. The van der Waals surface area contributed by atoms with Crippen LogP contribution in [0.25, 0.3) is 21.9 Å². The van der Waals surface area contributed by atoms with Crippen LogP contribution in [-0.4, -0.2) is 31.7 Å². The van der Waals surface area contributed by atoms with Gasteiger partial charge >= 0.3 is 0 Å². The normalized spacial score (nSPS) is 18.5. The molecule has 1 fully saturated rings. The summed E-state index contributed by atoms with van der Waals surface area (Å²) in [6.45, 7) is 4.27. The lowest BCUT2D eigenvalue weighted by atomic mass is 9.70. The van der Waals surface area contributed by atoms with E-state index >= 15 is 0 Å². The summed E-state index contributed by atoms with van der Waals surface area (Å²) in [6.07, 6.45) is 9.82. The lowest BCUT2D eigenvalue weighted by Gasteiger charge is -2.36. The Morgan fingerprint density at radius 1 is 1.06 bits per heavy atom. The first-order chi connectivity index (χ1) is 16.0. The molecule has 0 radical (unpaired) electrons. The zero-order valence-electron chi connectivity index (χ0n) is 19.7. The zero-order valence-corrected chi connectivity index (χ0v) is 19.7. The Morgan fingerprint density at radius 3 is 2.64 bits per heavy atom. The molecule has 1 aliphatic rings. The fraction of sp³-hybridized carbons (Fsp3) is 0.423. The van der Waals surface area contributed by atoms with E-state index < -0.39 is 0 Å². The van der Waals surface area contributed by atoms with Crippen LogP contribution in [-0.2, 0) is 6.42 Å². The summed E-state index contributed by atoms with van der Waals surface area (Å²) in [5, 5.41) is 9.11. The van der Waals surface area contributed by atoms with Gasteiger partial charge in [-0.1, -0.05) is 12.1 Å². The molecule has 4 aromatic rings. The van der Waals surface area contributed by atoms with Crippen LogP contribution in [0.5, 0.6) is 0 Å². The number of hydrogen-bond acceptors (Lipinski definition) is 6. The first kappa shape index (κ1) is 23.0. The van der Waals surface area contributed by atoms with Crippen molar-refractivity contribution in [3.05, 3.63) is 54.0 Å². The fourth-order valence-corrected chi connectivity index (χ4v) is 5.03. The standard InChI is InChI=1S/C25H30N6.CH4O/c1-15-9-20-6-5-18(13-22(20)30-23(15)26)12-19-10-17(11-19)4-3-16(2)31-8-7-21-24(27)28-14-29-25(21)31;1-2/h5-9,13-14,16-17,19H,3-4,10-12H2,1-2H3,(H2,26,30)(H2,27,28,29);2H,1H3. The molecule has 0 saturated heterocycles. The van der Waals surface area contributed by atoms with Crippen molar-refractivity contribution in [3.8, 4) is 0 Å². The van der Waals surface area contributed by atoms with E-state index in [0.29, 0.717) is 17.7 Å². The van der Waals surface area contributed by atoms with Crippen molar-refractivity contribution in [2.45, 2.75) is 52.0 Å². The number of aromatic nitrogens is 4. The van der Waals surface area contributed by atoms with E-state index in [-0.39, 0.29) is 0 Å². The predicted octanol–water partition coefficient (Wildman–Crippen LogP) is 4.67. The Labute approximate surface area is 194 Å². The van der Waals surface area contributed by atoms with Crippen molar-refractivity contribution < 1.29 is 5.11 Å². The molecule has 174 valence electrons. The summed E-state index contributed by atoms with van der Waals surface area (Å²) in [7, 11) is 1.00. The number of aryl methyl sites for hydroxylation is 1.